The van der Waals surface area contributed by atoms with Crippen LogP contribution in [-0.4, -0.2) is 22.5 Å². The summed E-state index contributed by atoms with van der Waals surface area (Å²) in [6, 6.07) is 11.5. The third kappa shape index (κ3) is 3.01. The van der Waals surface area contributed by atoms with Crippen molar-refractivity contribution in [2.24, 2.45) is 5.92 Å². The fourth-order valence-corrected chi connectivity index (χ4v) is 4.25. The van der Waals surface area contributed by atoms with Crippen LogP contribution >= 0.6 is 0 Å². The van der Waals surface area contributed by atoms with Crippen LogP contribution in [0.1, 0.15) is 48.4 Å². The van der Waals surface area contributed by atoms with E-state index < -0.39 is 0 Å². The molecule has 0 spiro atoms. The van der Waals surface area contributed by atoms with Crippen LogP contribution in [0.15, 0.2) is 42.5 Å². The van der Waals surface area contributed by atoms with Crippen LogP contribution in [0.4, 0.5) is 4.39 Å². The first-order chi connectivity index (χ1) is 12.1. The number of carbonyl (C=O) groups is 1. The molecule has 1 amide bonds. The third-order valence-electron chi connectivity index (χ3n) is 5.53. The molecule has 2 aromatic rings. The smallest absolute Gasteiger partial charge is 0.226 e. The quantitative estimate of drug-likeness (QED) is 0.891. The molecule has 1 N–H and O–H groups in total. The van der Waals surface area contributed by atoms with Crippen LogP contribution in [0, 0.1) is 11.7 Å². The fraction of sp³-hybridized carbons (Fsp3) is 0.381. The monoisotopic (exact) mass is 339 g/mol. The maximum Gasteiger partial charge on any atom is 0.226 e. The Morgan fingerprint density at radius 1 is 1.08 bits per heavy atom. The maximum atomic E-state index is 13.4. The van der Waals surface area contributed by atoms with Gasteiger partial charge in [-0.2, -0.15) is 0 Å². The molecule has 1 heterocycles. The standard InChI is InChI=1S/C21H22FNO2/c22-17-8-5-15(6-9-17)20-19-13-18(24)10-7-14(19)11-12-23(20)21(25)16-3-1-2-4-16/h5-10,13,16,20,24H,1-4,11-12H2. The lowest BCUT2D eigenvalue weighted by molar-refractivity contribution is -0.137. The third-order valence-corrected chi connectivity index (χ3v) is 5.53. The predicted octanol–water partition coefficient (Wildman–Crippen LogP) is 4.20. The number of phenols is 1. The molecular formula is C21H22FNO2. The summed E-state index contributed by atoms with van der Waals surface area (Å²) in [5, 5.41) is 9.97. The van der Waals surface area contributed by atoms with Gasteiger partial charge in [-0.25, -0.2) is 4.39 Å². The van der Waals surface area contributed by atoms with Crippen molar-refractivity contribution in [2.75, 3.05) is 6.54 Å². The molecule has 0 bridgehead atoms. The summed E-state index contributed by atoms with van der Waals surface area (Å²) in [7, 11) is 0. The van der Waals surface area contributed by atoms with Gasteiger partial charge in [0.25, 0.3) is 0 Å². The van der Waals surface area contributed by atoms with Crippen LogP contribution in [-0.2, 0) is 11.2 Å². The molecule has 1 unspecified atom stereocenters. The van der Waals surface area contributed by atoms with Crippen molar-refractivity contribution in [3.8, 4) is 5.75 Å². The molecule has 2 aliphatic rings. The highest BCUT2D eigenvalue weighted by molar-refractivity contribution is 5.80. The fourth-order valence-electron chi connectivity index (χ4n) is 4.25. The molecule has 1 aliphatic heterocycles. The Morgan fingerprint density at radius 2 is 1.80 bits per heavy atom. The van der Waals surface area contributed by atoms with E-state index in [0.717, 1.165) is 48.8 Å². The van der Waals surface area contributed by atoms with Crippen LogP contribution in [0.5, 0.6) is 5.75 Å². The summed E-state index contributed by atoms with van der Waals surface area (Å²) in [4.78, 5) is 15.1. The SMILES string of the molecule is O=C(C1CCCC1)N1CCc2ccc(O)cc2C1c1ccc(F)cc1. The van der Waals surface area contributed by atoms with E-state index in [1.807, 2.05) is 11.0 Å². The number of amides is 1. The lowest BCUT2D eigenvalue weighted by Crippen LogP contribution is -2.43. The number of aromatic hydroxyl groups is 1. The maximum absolute atomic E-state index is 13.4. The first-order valence-corrected chi connectivity index (χ1v) is 9.01. The van der Waals surface area contributed by atoms with E-state index in [1.54, 1.807) is 24.3 Å². The summed E-state index contributed by atoms with van der Waals surface area (Å²) in [6.45, 7) is 0.662. The van der Waals surface area contributed by atoms with E-state index in [-0.39, 0.29) is 29.4 Å². The van der Waals surface area contributed by atoms with Crippen LogP contribution in [0.3, 0.4) is 0 Å². The van der Waals surface area contributed by atoms with Gasteiger partial charge in [0.05, 0.1) is 6.04 Å². The van der Waals surface area contributed by atoms with Crippen LogP contribution in [0.2, 0.25) is 0 Å². The van der Waals surface area contributed by atoms with E-state index in [4.69, 9.17) is 0 Å². The molecular weight excluding hydrogens is 317 g/mol. The molecule has 4 heteroatoms. The first-order valence-electron chi connectivity index (χ1n) is 9.01. The number of fused-ring (bicyclic) bond motifs is 1. The minimum atomic E-state index is -0.288. The van der Waals surface area contributed by atoms with Crippen molar-refractivity contribution in [2.45, 2.75) is 38.1 Å². The van der Waals surface area contributed by atoms with Crippen LogP contribution in [0.25, 0.3) is 0 Å². The van der Waals surface area contributed by atoms with Crippen LogP contribution < -0.4 is 0 Å². The summed E-state index contributed by atoms with van der Waals surface area (Å²) < 4.78 is 13.4. The minimum absolute atomic E-state index is 0.0989. The normalized spacial score (nSPS) is 20.5. The molecule has 0 radical (unpaired) electrons. The zero-order chi connectivity index (χ0) is 17.4. The Balaban J connectivity index is 1.77. The first kappa shape index (κ1) is 16.1. The summed E-state index contributed by atoms with van der Waals surface area (Å²) in [5.41, 5.74) is 2.98. The number of hydrogen-bond acceptors (Lipinski definition) is 2. The Hall–Kier alpha value is -2.36. The minimum Gasteiger partial charge on any atom is -0.508 e. The average Bonchev–Trinajstić information content (AvgIpc) is 3.15. The van der Waals surface area contributed by atoms with Gasteiger partial charge in [-0.3, -0.25) is 4.79 Å². The van der Waals surface area contributed by atoms with Gasteiger partial charge in [0.2, 0.25) is 5.91 Å². The number of hydrogen-bond donors (Lipinski definition) is 1. The van der Waals surface area contributed by atoms with Crippen molar-refractivity contribution in [1.82, 2.24) is 4.90 Å². The molecule has 1 fully saturated rings. The van der Waals surface area contributed by atoms with Gasteiger partial charge in [0.1, 0.15) is 11.6 Å². The molecule has 4 rings (SSSR count). The van der Waals surface area contributed by atoms with Crippen molar-refractivity contribution in [3.05, 3.63) is 65.0 Å². The second-order valence-electron chi connectivity index (χ2n) is 7.10. The molecule has 1 aliphatic carbocycles. The Morgan fingerprint density at radius 3 is 2.52 bits per heavy atom. The highest BCUT2D eigenvalue weighted by Gasteiger charge is 2.36. The van der Waals surface area contributed by atoms with Gasteiger partial charge in [-0.05, 0) is 60.2 Å². The second kappa shape index (κ2) is 6.51. The summed E-state index contributed by atoms with van der Waals surface area (Å²) in [5.74, 6) is 0.202. The number of phenolic OH excluding ortho intramolecular Hbond substituents is 1. The van der Waals surface area contributed by atoms with E-state index in [9.17, 15) is 14.3 Å². The van der Waals surface area contributed by atoms with Gasteiger partial charge in [-0.1, -0.05) is 31.0 Å². The molecule has 1 saturated carbocycles. The van der Waals surface area contributed by atoms with Gasteiger partial charge in [0, 0.05) is 12.5 Å². The molecule has 1 atom stereocenters. The van der Waals surface area contributed by atoms with Gasteiger partial charge >= 0.3 is 0 Å². The Labute approximate surface area is 147 Å². The van der Waals surface area contributed by atoms with Crippen molar-refractivity contribution in [1.29, 1.82) is 0 Å². The number of halogens is 1. The number of benzene rings is 2. The molecule has 130 valence electrons. The number of nitrogens with zero attached hydrogens (tertiary/aromatic N) is 1. The zero-order valence-electron chi connectivity index (χ0n) is 14.1. The number of rotatable bonds is 2. The highest BCUT2D eigenvalue weighted by atomic mass is 19.1. The van der Waals surface area contributed by atoms with E-state index in [1.165, 1.54) is 12.1 Å². The van der Waals surface area contributed by atoms with Crippen molar-refractivity contribution in [3.63, 3.8) is 0 Å². The molecule has 25 heavy (non-hydrogen) atoms. The molecule has 0 saturated heterocycles. The van der Waals surface area contributed by atoms with E-state index in [2.05, 4.69) is 0 Å². The lowest BCUT2D eigenvalue weighted by Gasteiger charge is -2.39. The lowest BCUT2D eigenvalue weighted by atomic mass is 9.87. The Bertz CT molecular complexity index is 781. The Kier molecular flexibility index (Phi) is 4.20. The van der Waals surface area contributed by atoms with E-state index >= 15 is 0 Å². The zero-order valence-corrected chi connectivity index (χ0v) is 14.1. The summed E-state index contributed by atoms with van der Waals surface area (Å²) >= 11 is 0. The number of carbonyl (C=O) groups excluding carboxylic acids is 1. The second-order valence-corrected chi connectivity index (χ2v) is 7.10. The van der Waals surface area contributed by atoms with Gasteiger partial charge in [0.15, 0.2) is 0 Å². The van der Waals surface area contributed by atoms with E-state index in [0.29, 0.717) is 6.54 Å². The topological polar surface area (TPSA) is 40.5 Å². The average molecular weight is 339 g/mol. The van der Waals surface area contributed by atoms with Crippen molar-refractivity contribution >= 4 is 5.91 Å². The predicted molar refractivity (Wildman–Crippen MR) is 93.7 cm³/mol. The molecule has 2 aromatic carbocycles. The van der Waals surface area contributed by atoms with Crippen molar-refractivity contribution < 1.29 is 14.3 Å². The summed E-state index contributed by atoms with van der Waals surface area (Å²) in [6.07, 6.45) is 4.92. The largest absolute Gasteiger partial charge is 0.508 e. The molecule has 0 aromatic heterocycles. The van der Waals surface area contributed by atoms with Gasteiger partial charge in [-0.15, -0.1) is 0 Å². The highest BCUT2D eigenvalue weighted by Crippen LogP contribution is 2.39. The van der Waals surface area contributed by atoms with Gasteiger partial charge < -0.3 is 10.0 Å². The molecule has 3 nitrogen and oxygen atoms in total.